The average molecular weight is 361 g/mol. The number of hydrogen-bond acceptors (Lipinski definition) is 4. The quantitative estimate of drug-likeness (QED) is 0.514. The lowest BCUT2D eigenvalue weighted by Gasteiger charge is -2.11. The Morgan fingerprint density at radius 1 is 1.11 bits per heavy atom. The van der Waals surface area contributed by atoms with Crippen LogP contribution in [0.15, 0.2) is 48.5 Å². The second-order valence-corrected chi connectivity index (χ2v) is 7.16. The molecule has 138 valence electrons. The van der Waals surface area contributed by atoms with E-state index in [0.29, 0.717) is 12.3 Å². The number of fused-ring (bicyclic) bond motifs is 1. The summed E-state index contributed by atoms with van der Waals surface area (Å²) >= 11 is 0. The van der Waals surface area contributed by atoms with Crippen molar-refractivity contribution >= 4 is 17.2 Å². The molecule has 1 aliphatic rings. The summed E-state index contributed by atoms with van der Waals surface area (Å²) in [5.74, 6) is 3.09. The summed E-state index contributed by atoms with van der Waals surface area (Å²) in [6.45, 7) is 2.79. The van der Waals surface area contributed by atoms with Gasteiger partial charge in [-0.15, -0.1) is 0 Å². The fraction of sp³-hybridized carbons (Fsp3) is 0.304. The van der Waals surface area contributed by atoms with Crippen LogP contribution in [0, 0.1) is 12.8 Å². The minimum atomic E-state index is 0.419. The van der Waals surface area contributed by atoms with Crippen molar-refractivity contribution in [3.8, 4) is 17.4 Å². The molecule has 0 spiro atoms. The molecule has 0 N–H and O–H groups in total. The summed E-state index contributed by atoms with van der Waals surface area (Å²) in [6, 6.07) is 15.5. The van der Waals surface area contributed by atoms with Crippen LogP contribution in [0.2, 0.25) is 0 Å². The van der Waals surface area contributed by atoms with Crippen LogP contribution >= 0.6 is 0 Å². The Labute approximate surface area is 159 Å². The Morgan fingerprint density at radius 2 is 2.00 bits per heavy atom. The van der Waals surface area contributed by atoms with Crippen molar-refractivity contribution in [3.05, 3.63) is 59.7 Å². The number of aldehydes is 1. The molecule has 4 nitrogen and oxygen atoms in total. The molecule has 0 atom stereocenters. The van der Waals surface area contributed by atoms with Crippen LogP contribution < -0.4 is 9.47 Å². The molecule has 1 aliphatic carbocycles. The Balaban J connectivity index is 1.45. The highest BCUT2D eigenvalue weighted by atomic mass is 16.5. The SMILES string of the molecule is Cc1cc(OCCC2CC2)ccc1Oc1ccc2cc(CC=O)ccc2n1. The van der Waals surface area contributed by atoms with Gasteiger partial charge in [-0.2, -0.15) is 0 Å². The predicted octanol–water partition coefficient (Wildman–Crippen LogP) is 5.26. The van der Waals surface area contributed by atoms with E-state index in [9.17, 15) is 4.79 Å². The highest BCUT2D eigenvalue weighted by molar-refractivity contribution is 5.80. The van der Waals surface area contributed by atoms with Gasteiger partial charge in [0.2, 0.25) is 5.88 Å². The largest absolute Gasteiger partial charge is 0.494 e. The number of carbonyl (C=O) groups excluding carboxylic acids is 1. The average Bonchev–Trinajstić information content (AvgIpc) is 3.49. The maximum Gasteiger partial charge on any atom is 0.219 e. The second kappa shape index (κ2) is 7.78. The van der Waals surface area contributed by atoms with Crippen LogP contribution in [-0.2, 0) is 11.2 Å². The maximum absolute atomic E-state index is 10.7. The standard InChI is InChI=1S/C23H23NO3/c1-16-14-20(26-13-11-17-2-3-17)6-8-22(16)27-23-9-5-19-15-18(10-12-25)4-7-21(19)24-23/h4-9,12,14-15,17H,2-3,10-11,13H2,1H3. The number of benzene rings is 2. The minimum absolute atomic E-state index is 0.419. The number of carbonyl (C=O) groups is 1. The van der Waals surface area contributed by atoms with Crippen molar-refractivity contribution in [1.82, 2.24) is 4.98 Å². The van der Waals surface area contributed by atoms with E-state index < -0.39 is 0 Å². The van der Waals surface area contributed by atoms with Gasteiger partial charge in [0.25, 0.3) is 0 Å². The van der Waals surface area contributed by atoms with Gasteiger partial charge in [-0.25, -0.2) is 4.98 Å². The lowest BCUT2D eigenvalue weighted by Crippen LogP contribution is -1.99. The summed E-state index contributed by atoms with van der Waals surface area (Å²) in [5, 5.41) is 0.998. The van der Waals surface area contributed by atoms with Gasteiger partial charge >= 0.3 is 0 Å². The zero-order chi connectivity index (χ0) is 18.6. The van der Waals surface area contributed by atoms with Gasteiger partial charge in [-0.1, -0.05) is 18.9 Å². The normalized spacial score (nSPS) is 13.5. The predicted molar refractivity (Wildman–Crippen MR) is 106 cm³/mol. The monoisotopic (exact) mass is 361 g/mol. The molecule has 0 radical (unpaired) electrons. The molecule has 0 unspecified atom stereocenters. The van der Waals surface area contributed by atoms with E-state index in [-0.39, 0.29) is 0 Å². The van der Waals surface area contributed by atoms with Crippen LogP contribution in [0.3, 0.4) is 0 Å². The number of pyridine rings is 1. The summed E-state index contributed by atoms with van der Waals surface area (Å²) in [5.41, 5.74) is 2.85. The van der Waals surface area contributed by atoms with Crippen LogP contribution in [-0.4, -0.2) is 17.9 Å². The van der Waals surface area contributed by atoms with Gasteiger partial charge in [-0.3, -0.25) is 0 Å². The first kappa shape index (κ1) is 17.5. The van der Waals surface area contributed by atoms with Crippen molar-refractivity contribution in [3.63, 3.8) is 0 Å². The summed E-state index contributed by atoms with van der Waals surface area (Å²) in [6.07, 6.45) is 5.18. The van der Waals surface area contributed by atoms with Crippen LogP contribution in [0.25, 0.3) is 10.9 Å². The van der Waals surface area contributed by atoms with E-state index in [1.165, 1.54) is 12.8 Å². The lowest BCUT2D eigenvalue weighted by molar-refractivity contribution is -0.107. The van der Waals surface area contributed by atoms with E-state index in [1.807, 2.05) is 55.5 Å². The topological polar surface area (TPSA) is 48.4 Å². The van der Waals surface area contributed by atoms with Gasteiger partial charge in [0.15, 0.2) is 0 Å². The number of hydrogen-bond donors (Lipinski definition) is 0. The first-order chi connectivity index (χ1) is 13.2. The highest BCUT2D eigenvalue weighted by Gasteiger charge is 2.20. The summed E-state index contributed by atoms with van der Waals surface area (Å²) in [4.78, 5) is 15.2. The Bertz CT molecular complexity index is 963. The first-order valence-corrected chi connectivity index (χ1v) is 9.46. The van der Waals surface area contributed by atoms with Crippen LogP contribution in [0.4, 0.5) is 0 Å². The molecule has 1 heterocycles. The lowest BCUT2D eigenvalue weighted by atomic mass is 10.1. The zero-order valence-corrected chi connectivity index (χ0v) is 15.5. The minimum Gasteiger partial charge on any atom is -0.494 e. The van der Waals surface area contributed by atoms with Crippen molar-refractivity contribution < 1.29 is 14.3 Å². The molecule has 0 amide bonds. The Morgan fingerprint density at radius 3 is 2.78 bits per heavy atom. The first-order valence-electron chi connectivity index (χ1n) is 9.46. The summed E-state index contributed by atoms with van der Waals surface area (Å²) in [7, 11) is 0. The van der Waals surface area contributed by atoms with Gasteiger partial charge in [0.1, 0.15) is 17.8 Å². The summed E-state index contributed by atoms with van der Waals surface area (Å²) < 4.78 is 11.8. The smallest absolute Gasteiger partial charge is 0.219 e. The third-order valence-corrected chi connectivity index (χ3v) is 4.90. The van der Waals surface area contributed by atoms with E-state index in [0.717, 1.165) is 58.8 Å². The number of nitrogens with zero attached hydrogens (tertiary/aromatic N) is 1. The van der Waals surface area contributed by atoms with E-state index in [4.69, 9.17) is 9.47 Å². The third-order valence-electron chi connectivity index (χ3n) is 4.90. The number of aromatic nitrogens is 1. The van der Waals surface area contributed by atoms with Gasteiger partial charge in [-0.05, 0) is 66.8 Å². The molecule has 3 aromatic rings. The highest BCUT2D eigenvalue weighted by Crippen LogP contribution is 2.33. The molecule has 2 aromatic carbocycles. The molecule has 1 aromatic heterocycles. The molecule has 0 saturated heterocycles. The van der Waals surface area contributed by atoms with Gasteiger partial charge < -0.3 is 14.3 Å². The Kier molecular flexibility index (Phi) is 5.05. The second-order valence-electron chi connectivity index (χ2n) is 7.16. The fourth-order valence-corrected chi connectivity index (χ4v) is 3.13. The molecule has 4 rings (SSSR count). The Hall–Kier alpha value is -2.88. The number of rotatable bonds is 8. The van der Waals surface area contributed by atoms with Crippen molar-refractivity contribution in [2.75, 3.05) is 6.61 Å². The third kappa shape index (κ3) is 4.45. The molecule has 0 bridgehead atoms. The molecule has 4 heteroatoms. The van der Waals surface area contributed by atoms with E-state index >= 15 is 0 Å². The molecule has 1 saturated carbocycles. The molecule has 1 fully saturated rings. The van der Waals surface area contributed by atoms with Crippen molar-refractivity contribution in [2.45, 2.75) is 32.6 Å². The molecular formula is C23H23NO3. The maximum atomic E-state index is 10.7. The van der Waals surface area contributed by atoms with Crippen molar-refractivity contribution in [1.29, 1.82) is 0 Å². The molecule has 27 heavy (non-hydrogen) atoms. The molecule has 0 aliphatic heterocycles. The number of aryl methyl sites for hydroxylation is 1. The zero-order valence-electron chi connectivity index (χ0n) is 15.5. The van der Waals surface area contributed by atoms with E-state index in [1.54, 1.807) is 0 Å². The van der Waals surface area contributed by atoms with E-state index in [2.05, 4.69) is 4.98 Å². The fourth-order valence-electron chi connectivity index (χ4n) is 3.13. The van der Waals surface area contributed by atoms with Crippen LogP contribution in [0.5, 0.6) is 17.4 Å². The number of ether oxygens (including phenoxy) is 2. The van der Waals surface area contributed by atoms with Gasteiger partial charge in [0.05, 0.1) is 12.1 Å². The van der Waals surface area contributed by atoms with Crippen LogP contribution in [0.1, 0.15) is 30.4 Å². The molecular weight excluding hydrogens is 338 g/mol. The van der Waals surface area contributed by atoms with Crippen molar-refractivity contribution in [2.24, 2.45) is 5.92 Å². The van der Waals surface area contributed by atoms with Gasteiger partial charge in [0, 0.05) is 17.9 Å².